The summed E-state index contributed by atoms with van der Waals surface area (Å²) in [6, 6.07) is 14.8. The molecule has 0 N–H and O–H groups in total. The third-order valence-electron chi connectivity index (χ3n) is 4.59. The molecular weight excluding hydrogens is 395 g/mol. The lowest BCUT2D eigenvalue weighted by Crippen LogP contribution is -2.27. The van der Waals surface area contributed by atoms with Gasteiger partial charge in [-0.15, -0.1) is 0 Å². The molecule has 0 fully saturated rings. The van der Waals surface area contributed by atoms with Gasteiger partial charge in [0.25, 0.3) is 5.56 Å². The SMILES string of the molecule is CC(C)c1nn(Cc2ccc(Cl)cc2Cl)c(=O)c2c1cnn2-c1ccccc1. The van der Waals surface area contributed by atoms with Crippen molar-refractivity contribution in [3.8, 4) is 5.69 Å². The summed E-state index contributed by atoms with van der Waals surface area (Å²) in [6.45, 7) is 4.35. The Hall–Kier alpha value is -2.63. The van der Waals surface area contributed by atoms with Crippen LogP contribution in [-0.4, -0.2) is 19.6 Å². The van der Waals surface area contributed by atoms with Gasteiger partial charge in [0.2, 0.25) is 0 Å². The smallest absolute Gasteiger partial charge is 0.265 e. The van der Waals surface area contributed by atoms with Crippen molar-refractivity contribution in [1.29, 1.82) is 0 Å². The normalized spacial score (nSPS) is 11.5. The van der Waals surface area contributed by atoms with E-state index in [0.29, 0.717) is 15.6 Å². The zero-order chi connectivity index (χ0) is 19.8. The van der Waals surface area contributed by atoms with Gasteiger partial charge < -0.3 is 0 Å². The van der Waals surface area contributed by atoms with Crippen LogP contribution >= 0.6 is 23.2 Å². The molecule has 0 bridgehead atoms. The van der Waals surface area contributed by atoms with Crippen LogP contribution in [0.4, 0.5) is 0 Å². The Morgan fingerprint density at radius 3 is 2.50 bits per heavy atom. The number of halogens is 2. The molecule has 0 saturated carbocycles. The lowest BCUT2D eigenvalue weighted by molar-refractivity contribution is 0.612. The van der Waals surface area contributed by atoms with Crippen LogP contribution in [0.15, 0.2) is 59.5 Å². The molecule has 142 valence electrons. The second kappa shape index (κ2) is 7.41. The van der Waals surface area contributed by atoms with Crippen LogP contribution in [-0.2, 0) is 6.54 Å². The molecule has 2 aromatic carbocycles. The fourth-order valence-corrected chi connectivity index (χ4v) is 3.67. The number of hydrogen-bond acceptors (Lipinski definition) is 3. The number of para-hydroxylation sites is 1. The molecule has 0 aliphatic carbocycles. The van der Waals surface area contributed by atoms with Gasteiger partial charge in [0.1, 0.15) is 5.52 Å². The van der Waals surface area contributed by atoms with E-state index in [1.807, 2.05) is 50.2 Å². The quantitative estimate of drug-likeness (QED) is 0.470. The molecule has 4 aromatic rings. The molecule has 0 unspecified atom stereocenters. The minimum absolute atomic E-state index is 0.128. The number of rotatable bonds is 4. The van der Waals surface area contributed by atoms with E-state index in [9.17, 15) is 4.79 Å². The molecule has 0 amide bonds. The Balaban J connectivity index is 1.94. The first kappa shape index (κ1) is 18.7. The van der Waals surface area contributed by atoms with Crippen molar-refractivity contribution in [2.45, 2.75) is 26.3 Å². The molecule has 0 aliphatic heterocycles. The zero-order valence-corrected chi connectivity index (χ0v) is 16.9. The van der Waals surface area contributed by atoms with Gasteiger partial charge in [0.05, 0.1) is 24.1 Å². The predicted molar refractivity (Wildman–Crippen MR) is 113 cm³/mol. The highest BCUT2D eigenvalue weighted by Gasteiger charge is 2.19. The van der Waals surface area contributed by atoms with Crippen LogP contribution in [0.2, 0.25) is 10.0 Å². The van der Waals surface area contributed by atoms with E-state index in [1.54, 1.807) is 23.0 Å². The maximum absolute atomic E-state index is 13.3. The van der Waals surface area contributed by atoms with Gasteiger partial charge in [0, 0.05) is 15.4 Å². The Bertz CT molecular complexity index is 1210. The number of aromatic nitrogens is 4. The van der Waals surface area contributed by atoms with Crippen molar-refractivity contribution in [3.63, 3.8) is 0 Å². The molecule has 0 aliphatic rings. The van der Waals surface area contributed by atoms with Gasteiger partial charge in [-0.3, -0.25) is 4.79 Å². The molecular formula is C21H18Cl2N4O. The topological polar surface area (TPSA) is 52.7 Å². The molecule has 2 aromatic heterocycles. The Morgan fingerprint density at radius 2 is 1.82 bits per heavy atom. The van der Waals surface area contributed by atoms with Crippen LogP contribution in [0.3, 0.4) is 0 Å². The number of fused-ring (bicyclic) bond motifs is 1. The van der Waals surface area contributed by atoms with E-state index < -0.39 is 0 Å². The van der Waals surface area contributed by atoms with Crippen LogP contribution < -0.4 is 5.56 Å². The first-order valence-corrected chi connectivity index (χ1v) is 9.69. The first-order chi connectivity index (χ1) is 13.5. The first-order valence-electron chi connectivity index (χ1n) is 8.94. The summed E-state index contributed by atoms with van der Waals surface area (Å²) in [4.78, 5) is 13.3. The number of hydrogen-bond donors (Lipinski definition) is 0. The average molecular weight is 413 g/mol. The van der Waals surface area contributed by atoms with Crippen molar-refractivity contribution in [2.24, 2.45) is 0 Å². The number of nitrogens with zero attached hydrogens (tertiary/aromatic N) is 4. The Morgan fingerprint density at radius 1 is 1.07 bits per heavy atom. The highest BCUT2D eigenvalue weighted by atomic mass is 35.5. The lowest BCUT2D eigenvalue weighted by Gasteiger charge is -2.13. The molecule has 0 saturated heterocycles. The van der Waals surface area contributed by atoms with E-state index in [4.69, 9.17) is 23.2 Å². The van der Waals surface area contributed by atoms with Gasteiger partial charge >= 0.3 is 0 Å². The fraction of sp³-hybridized carbons (Fsp3) is 0.190. The molecule has 4 rings (SSSR count). The summed E-state index contributed by atoms with van der Waals surface area (Å²) in [6.07, 6.45) is 1.71. The molecule has 0 spiro atoms. The summed E-state index contributed by atoms with van der Waals surface area (Å²) >= 11 is 12.3. The molecule has 0 radical (unpaired) electrons. The van der Waals surface area contributed by atoms with Crippen LogP contribution in [0.25, 0.3) is 16.6 Å². The Kier molecular flexibility index (Phi) is 4.96. The third kappa shape index (κ3) is 3.32. The molecule has 0 atom stereocenters. The molecule has 7 heteroatoms. The van der Waals surface area contributed by atoms with Gasteiger partial charge in [-0.05, 0) is 35.7 Å². The van der Waals surface area contributed by atoms with Crippen molar-refractivity contribution < 1.29 is 0 Å². The van der Waals surface area contributed by atoms with Gasteiger partial charge in [-0.1, -0.05) is 61.3 Å². The molecule has 5 nitrogen and oxygen atoms in total. The minimum atomic E-state index is -0.216. The van der Waals surface area contributed by atoms with E-state index >= 15 is 0 Å². The van der Waals surface area contributed by atoms with E-state index in [2.05, 4.69) is 10.2 Å². The summed E-state index contributed by atoms with van der Waals surface area (Å²) in [5, 5.41) is 10.9. The highest BCUT2D eigenvalue weighted by molar-refractivity contribution is 6.35. The van der Waals surface area contributed by atoms with Crippen LogP contribution in [0.5, 0.6) is 0 Å². The highest BCUT2D eigenvalue weighted by Crippen LogP contribution is 2.25. The van der Waals surface area contributed by atoms with Crippen LogP contribution in [0, 0.1) is 0 Å². The maximum Gasteiger partial charge on any atom is 0.293 e. The molecule has 2 heterocycles. The monoisotopic (exact) mass is 412 g/mol. The Labute approximate surface area is 172 Å². The zero-order valence-electron chi connectivity index (χ0n) is 15.4. The largest absolute Gasteiger partial charge is 0.293 e. The van der Waals surface area contributed by atoms with Crippen molar-refractivity contribution in [1.82, 2.24) is 19.6 Å². The lowest BCUT2D eigenvalue weighted by atomic mass is 10.1. The second-order valence-electron chi connectivity index (χ2n) is 6.89. The van der Waals surface area contributed by atoms with Crippen molar-refractivity contribution in [2.75, 3.05) is 0 Å². The van der Waals surface area contributed by atoms with Gasteiger partial charge in [-0.25, -0.2) is 9.36 Å². The van der Waals surface area contributed by atoms with Gasteiger partial charge in [0.15, 0.2) is 0 Å². The van der Waals surface area contributed by atoms with Crippen molar-refractivity contribution in [3.05, 3.63) is 86.4 Å². The third-order valence-corrected chi connectivity index (χ3v) is 5.18. The van der Waals surface area contributed by atoms with E-state index in [0.717, 1.165) is 22.3 Å². The molecule has 28 heavy (non-hydrogen) atoms. The number of benzene rings is 2. The summed E-state index contributed by atoms with van der Waals surface area (Å²) < 4.78 is 3.12. The second-order valence-corrected chi connectivity index (χ2v) is 7.74. The van der Waals surface area contributed by atoms with E-state index in [-0.39, 0.29) is 18.0 Å². The standard InChI is InChI=1S/C21H18Cl2N4O/c1-13(2)19-17-11-24-27(16-6-4-3-5-7-16)20(17)21(28)26(25-19)12-14-8-9-15(22)10-18(14)23/h3-11,13H,12H2,1-2H3. The minimum Gasteiger partial charge on any atom is -0.265 e. The summed E-state index contributed by atoms with van der Waals surface area (Å²) in [7, 11) is 0. The summed E-state index contributed by atoms with van der Waals surface area (Å²) in [5.41, 5.74) is 2.72. The van der Waals surface area contributed by atoms with Gasteiger partial charge in [-0.2, -0.15) is 10.2 Å². The predicted octanol–water partition coefficient (Wildman–Crippen LogP) is 5.06. The van der Waals surface area contributed by atoms with Crippen molar-refractivity contribution >= 4 is 34.1 Å². The average Bonchev–Trinajstić information content (AvgIpc) is 3.12. The summed E-state index contributed by atoms with van der Waals surface area (Å²) in [5.74, 6) is 0.128. The fourth-order valence-electron chi connectivity index (χ4n) is 3.20. The van der Waals surface area contributed by atoms with E-state index in [1.165, 1.54) is 4.68 Å². The maximum atomic E-state index is 13.3. The van der Waals surface area contributed by atoms with Crippen LogP contribution in [0.1, 0.15) is 31.0 Å².